The summed E-state index contributed by atoms with van der Waals surface area (Å²) in [6.07, 6.45) is 1.88. The molecule has 1 heterocycles. The van der Waals surface area contributed by atoms with E-state index >= 15 is 0 Å². The molecule has 3 rings (SSSR count). The van der Waals surface area contributed by atoms with Crippen molar-refractivity contribution < 1.29 is 0 Å². The van der Waals surface area contributed by atoms with Crippen molar-refractivity contribution >= 4 is 56.1 Å². The summed E-state index contributed by atoms with van der Waals surface area (Å²) in [5.74, 6) is 0. The van der Waals surface area contributed by atoms with Gasteiger partial charge in [-0.1, -0.05) is 46.3 Å². The Hall–Kier alpha value is -1.25. The summed E-state index contributed by atoms with van der Waals surface area (Å²) in [5, 5.41) is 6.74. The minimum Gasteiger partial charge on any atom is -0.261 e. The Morgan fingerprint density at radius 3 is 2.74 bits per heavy atom. The van der Waals surface area contributed by atoms with Crippen molar-refractivity contribution in [1.82, 2.24) is 4.68 Å². The largest absolute Gasteiger partial charge is 0.261 e. The lowest BCUT2D eigenvalue weighted by molar-refractivity contribution is 0.848. The number of rotatable bonds is 3. The molecular formula is C17H13BrIN3S. The Morgan fingerprint density at radius 2 is 2.00 bits per heavy atom. The third-order valence-corrected chi connectivity index (χ3v) is 5.60. The van der Waals surface area contributed by atoms with Crippen molar-refractivity contribution in [2.24, 2.45) is 10.1 Å². The SMILES string of the molecule is CN=c1scc(-c2cccc(Br)c2)n1/N=C\c1ccccc1I. The summed E-state index contributed by atoms with van der Waals surface area (Å²) in [5.41, 5.74) is 3.22. The molecule has 3 aromatic rings. The maximum absolute atomic E-state index is 4.66. The predicted octanol–water partition coefficient (Wildman–Crippen LogP) is 5.00. The number of nitrogens with zero attached hydrogens (tertiary/aromatic N) is 3. The fraction of sp³-hybridized carbons (Fsp3) is 0.0588. The zero-order valence-electron chi connectivity index (χ0n) is 12.3. The molecule has 0 spiro atoms. The van der Waals surface area contributed by atoms with E-state index < -0.39 is 0 Å². The molecule has 0 aliphatic heterocycles. The highest BCUT2D eigenvalue weighted by Crippen LogP contribution is 2.23. The first kappa shape index (κ1) is 16.6. The zero-order valence-corrected chi connectivity index (χ0v) is 16.8. The van der Waals surface area contributed by atoms with Gasteiger partial charge < -0.3 is 0 Å². The molecule has 6 heteroatoms. The molecule has 0 aliphatic carbocycles. The number of hydrogen-bond acceptors (Lipinski definition) is 3. The first-order valence-corrected chi connectivity index (χ1v) is 9.62. The summed E-state index contributed by atoms with van der Waals surface area (Å²) in [6.45, 7) is 0. The van der Waals surface area contributed by atoms with E-state index in [0.717, 1.165) is 26.1 Å². The van der Waals surface area contributed by atoms with E-state index in [4.69, 9.17) is 0 Å². The van der Waals surface area contributed by atoms with Gasteiger partial charge in [0.15, 0.2) is 0 Å². The van der Waals surface area contributed by atoms with Crippen molar-refractivity contribution in [3.63, 3.8) is 0 Å². The Kier molecular flexibility index (Phi) is 5.45. The molecule has 0 radical (unpaired) electrons. The van der Waals surface area contributed by atoms with Crippen LogP contribution in [0.5, 0.6) is 0 Å². The van der Waals surface area contributed by atoms with Crippen molar-refractivity contribution in [2.75, 3.05) is 7.05 Å². The minimum absolute atomic E-state index is 0.863. The highest BCUT2D eigenvalue weighted by Gasteiger charge is 2.07. The monoisotopic (exact) mass is 497 g/mol. The Morgan fingerprint density at radius 1 is 1.17 bits per heavy atom. The smallest absolute Gasteiger partial charge is 0.205 e. The van der Waals surface area contributed by atoms with Crippen LogP contribution in [-0.4, -0.2) is 17.9 Å². The van der Waals surface area contributed by atoms with E-state index in [2.05, 4.69) is 78.3 Å². The van der Waals surface area contributed by atoms with E-state index in [1.54, 1.807) is 18.4 Å². The Balaban J connectivity index is 2.09. The summed E-state index contributed by atoms with van der Waals surface area (Å²) in [6, 6.07) is 16.4. The molecule has 0 atom stereocenters. The van der Waals surface area contributed by atoms with Crippen LogP contribution in [0.3, 0.4) is 0 Å². The minimum atomic E-state index is 0.863. The molecule has 0 N–H and O–H groups in total. The predicted molar refractivity (Wildman–Crippen MR) is 109 cm³/mol. The number of hydrogen-bond donors (Lipinski definition) is 0. The van der Waals surface area contributed by atoms with Crippen LogP contribution in [0.2, 0.25) is 0 Å². The second-order valence-corrected chi connectivity index (χ2v) is 7.63. The molecule has 0 saturated carbocycles. The molecule has 0 aliphatic rings. The van der Waals surface area contributed by atoms with Gasteiger partial charge >= 0.3 is 0 Å². The van der Waals surface area contributed by atoms with E-state index in [-0.39, 0.29) is 0 Å². The van der Waals surface area contributed by atoms with Gasteiger partial charge in [0.2, 0.25) is 4.80 Å². The second-order valence-electron chi connectivity index (χ2n) is 4.72. The normalized spacial score (nSPS) is 12.2. The van der Waals surface area contributed by atoms with Gasteiger partial charge in [-0.05, 0) is 40.8 Å². The second kappa shape index (κ2) is 7.55. The molecule has 0 bridgehead atoms. The van der Waals surface area contributed by atoms with Gasteiger partial charge in [-0.2, -0.15) is 5.10 Å². The summed E-state index contributed by atoms with van der Waals surface area (Å²) in [4.78, 5) is 5.19. The zero-order chi connectivity index (χ0) is 16.2. The first-order chi connectivity index (χ1) is 11.2. The van der Waals surface area contributed by atoms with Gasteiger partial charge in [0.1, 0.15) is 0 Å². The molecule has 0 saturated heterocycles. The molecule has 23 heavy (non-hydrogen) atoms. The topological polar surface area (TPSA) is 29.6 Å². The lowest BCUT2D eigenvalue weighted by atomic mass is 10.2. The summed E-state index contributed by atoms with van der Waals surface area (Å²) in [7, 11) is 1.79. The molecule has 1 aromatic heterocycles. The van der Waals surface area contributed by atoms with E-state index in [0.29, 0.717) is 0 Å². The fourth-order valence-corrected chi connectivity index (χ4v) is 3.84. The molecule has 0 amide bonds. The van der Waals surface area contributed by atoms with Crippen molar-refractivity contribution in [3.05, 3.63) is 72.3 Å². The van der Waals surface area contributed by atoms with Crippen LogP contribution in [0.1, 0.15) is 5.56 Å². The van der Waals surface area contributed by atoms with E-state index in [1.807, 2.05) is 35.2 Å². The van der Waals surface area contributed by atoms with Gasteiger partial charge in [0.05, 0.1) is 11.9 Å². The van der Waals surface area contributed by atoms with Crippen LogP contribution < -0.4 is 4.80 Å². The number of halogens is 2. The molecule has 0 unspecified atom stereocenters. The van der Waals surface area contributed by atoms with E-state index in [1.165, 1.54) is 3.57 Å². The first-order valence-electron chi connectivity index (χ1n) is 6.87. The third-order valence-electron chi connectivity index (χ3n) is 3.21. The fourth-order valence-electron chi connectivity index (χ4n) is 2.11. The standard InChI is InChI=1S/C17H13BrIN3S/c1-20-17-22(21-10-13-5-2-3-8-15(13)19)16(11-23-17)12-6-4-7-14(18)9-12/h2-11H,1H3/b20-17?,21-10-. The average Bonchev–Trinajstić information content (AvgIpc) is 2.97. The molecule has 116 valence electrons. The van der Waals surface area contributed by atoms with Crippen LogP contribution in [0.25, 0.3) is 11.3 Å². The maximum Gasteiger partial charge on any atom is 0.205 e. The van der Waals surface area contributed by atoms with Gasteiger partial charge in [-0.15, -0.1) is 11.3 Å². The van der Waals surface area contributed by atoms with Crippen LogP contribution in [0.15, 0.2) is 68.5 Å². The van der Waals surface area contributed by atoms with Gasteiger partial charge in [-0.3, -0.25) is 4.99 Å². The van der Waals surface area contributed by atoms with Crippen LogP contribution in [-0.2, 0) is 0 Å². The number of thiazole rings is 1. The van der Waals surface area contributed by atoms with Crippen LogP contribution >= 0.6 is 49.9 Å². The molecule has 2 aromatic carbocycles. The maximum atomic E-state index is 4.66. The Bertz CT molecular complexity index is 927. The quantitative estimate of drug-likeness (QED) is 0.360. The number of benzene rings is 2. The van der Waals surface area contributed by atoms with Crippen molar-refractivity contribution in [2.45, 2.75) is 0 Å². The molecular weight excluding hydrogens is 485 g/mol. The lowest BCUT2D eigenvalue weighted by Crippen LogP contribution is -2.11. The van der Waals surface area contributed by atoms with Crippen LogP contribution in [0.4, 0.5) is 0 Å². The summed E-state index contributed by atoms with van der Waals surface area (Å²) < 4.78 is 4.10. The van der Waals surface area contributed by atoms with Gasteiger partial charge in [-0.25, -0.2) is 4.68 Å². The van der Waals surface area contributed by atoms with E-state index in [9.17, 15) is 0 Å². The number of aromatic nitrogens is 1. The molecule has 0 fully saturated rings. The third kappa shape index (κ3) is 3.81. The summed E-state index contributed by atoms with van der Waals surface area (Å²) >= 11 is 7.42. The van der Waals surface area contributed by atoms with Gasteiger partial charge in [0, 0.05) is 31.6 Å². The van der Waals surface area contributed by atoms with Gasteiger partial charge in [0.25, 0.3) is 0 Å². The van der Waals surface area contributed by atoms with Crippen molar-refractivity contribution in [3.8, 4) is 11.3 Å². The van der Waals surface area contributed by atoms with Crippen LogP contribution in [0, 0.1) is 3.57 Å². The lowest BCUT2D eigenvalue weighted by Gasteiger charge is -2.04. The Labute approximate surface area is 160 Å². The average molecular weight is 498 g/mol. The van der Waals surface area contributed by atoms with Crippen molar-refractivity contribution in [1.29, 1.82) is 0 Å². The highest BCUT2D eigenvalue weighted by atomic mass is 127. The molecule has 3 nitrogen and oxygen atoms in total. The highest BCUT2D eigenvalue weighted by molar-refractivity contribution is 14.1.